The fraction of sp³-hybridized carbons (Fsp3) is 0.105. The molecule has 30 heavy (non-hydrogen) atoms. The van der Waals surface area contributed by atoms with Crippen molar-refractivity contribution in [3.8, 4) is 11.5 Å². The average molecular weight is 472 g/mol. The van der Waals surface area contributed by atoms with Gasteiger partial charge in [-0.05, 0) is 41.5 Å². The summed E-state index contributed by atoms with van der Waals surface area (Å²) in [6.07, 6.45) is 2.61. The SMILES string of the molecule is O=C(N/N=C/c1ccc2c(c1)OCO2)c1nn(Cc2cccc(Br)c2)cc1[N+](=O)[O-]. The molecule has 2 heterocycles. The molecule has 0 atom stereocenters. The molecule has 0 saturated heterocycles. The van der Waals surface area contributed by atoms with Gasteiger partial charge in [0.1, 0.15) is 6.20 Å². The highest BCUT2D eigenvalue weighted by molar-refractivity contribution is 9.10. The zero-order valence-electron chi connectivity index (χ0n) is 15.3. The number of nitrogens with zero attached hydrogens (tertiary/aromatic N) is 4. The fourth-order valence-electron chi connectivity index (χ4n) is 2.82. The second-order valence-electron chi connectivity index (χ2n) is 6.26. The van der Waals surface area contributed by atoms with Gasteiger partial charge in [0, 0.05) is 4.47 Å². The Morgan fingerprint density at radius 3 is 2.93 bits per heavy atom. The minimum absolute atomic E-state index is 0.152. The first kappa shape index (κ1) is 19.6. The highest BCUT2D eigenvalue weighted by atomic mass is 79.9. The van der Waals surface area contributed by atoms with E-state index in [4.69, 9.17) is 9.47 Å². The van der Waals surface area contributed by atoms with Crippen molar-refractivity contribution in [2.24, 2.45) is 5.10 Å². The van der Waals surface area contributed by atoms with Crippen LogP contribution >= 0.6 is 15.9 Å². The molecule has 10 nitrogen and oxygen atoms in total. The molecule has 0 unspecified atom stereocenters. The van der Waals surface area contributed by atoms with E-state index in [9.17, 15) is 14.9 Å². The van der Waals surface area contributed by atoms with Gasteiger partial charge < -0.3 is 9.47 Å². The molecule has 11 heteroatoms. The van der Waals surface area contributed by atoms with Crippen LogP contribution in [0.5, 0.6) is 11.5 Å². The summed E-state index contributed by atoms with van der Waals surface area (Å²) in [6.45, 7) is 0.424. The lowest BCUT2D eigenvalue weighted by atomic mass is 10.2. The minimum Gasteiger partial charge on any atom is -0.454 e. The van der Waals surface area contributed by atoms with Gasteiger partial charge in [0.05, 0.1) is 17.7 Å². The molecule has 152 valence electrons. The number of hydrogen-bond acceptors (Lipinski definition) is 7. The van der Waals surface area contributed by atoms with Crippen LogP contribution in [0.15, 0.2) is 58.2 Å². The van der Waals surface area contributed by atoms with E-state index in [2.05, 4.69) is 31.6 Å². The van der Waals surface area contributed by atoms with Crippen molar-refractivity contribution in [1.82, 2.24) is 15.2 Å². The number of halogens is 1. The highest BCUT2D eigenvalue weighted by Gasteiger charge is 2.25. The molecule has 1 N–H and O–H groups in total. The van der Waals surface area contributed by atoms with Crippen LogP contribution in [-0.2, 0) is 6.54 Å². The maximum absolute atomic E-state index is 12.4. The molecule has 0 aliphatic carbocycles. The van der Waals surface area contributed by atoms with Gasteiger partial charge in [-0.1, -0.05) is 28.1 Å². The lowest BCUT2D eigenvalue weighted by Gasteiger charge is -2.01. The third-order valence-corrected chi connectivity index (χ3v) is 4.66. The molecule has 0 spiro atoms. The van der Waals surface area contributed by atoms with Crippen molar-refractivity contribution in [3.05, 3.63) is 80.1 Å². The monoisotopic (exact) mass is 471 g/mol. The van der Waals surface area contributed by atoms with Crippen molar-refractivity contribution in [2.45, 2.75) is 6.54 Å². The van der Waals surface area contributed by atoms with E-state index in [-0.39, 0.29) is 19.0 Å². The normalized spacial score (nSPS) is 12.3. The predicted molar refractivity (Wildman–Crippen MR) is 110 cm³/mol. The van der Waals surface area contributed by atoms with Crippen LogP contribution in [0.1, 0.15) is 21.6 Å². The Balaban J connectivity index is 1.48. The van der Waals surface area contributed by atoms with Crippen LogP contribution in [0.3, 0.4) is 0 Å². The summed E-state index contributed by atoms with van der Waals surface area (Å²) in [7, 11) is 0. The molecule has 2 aromatic carbocycles. The van der Waals surface area contributed by atoms with Gasteiger partial charge in [-0.15, -0.1) is 0 Å². The molecule has 0 saturated carbocycles. The van der Waals surface area contributed by atoms with Crippen LogP contribution in [0, 0.1) is 10.1 Å². The van der Waals surface area contributed by atoms with E-state index in [1.165, 1.54) is 17.1 Å². The van der Waals surface area contributed by atoms with E-state index in [0.29, 0.717) is 17.1 Å². The van der Waals surface area contributed by atoms with Gasteiger partial charge in [-0.2, -0.15) is 10.2 Å². The molecule has 1 aromatic heterocycles. The Labute approximate surface area is 178 Å². The number of rotatable bonds is 6. The van der Waals surface area contributed by atoms with E-state index in [0.717, 1.165) is 10.0 Å². The number of amides is 1. The zero-order chi connectivity index (χ0) is 21.1. The van der Waals surface area contributed by atoms with Crippen LogP contribution in [-0.4, -0.2) is 33.6 Å². The Hall–Kier alpha value is -3.73. The van der Waals surface area contributed by atoms with E-state index >= 15 is 0 Å². The smallest absolute Gasteiger partial charge is 0.320 e. The van der Waals surface area contributed by atoms with Crippen LogP contribution in [0.25, 0.3) is 0 Å². The van der Waals surface area contributed by atoms with Gasteiger partial charge in [0.15, 0.2) is 11.5 Å². The summed E-state index contributed by atoms with van der Waals surface area (Å²) in [5.41, 5.74) is 3.08. The number of carbonyl (C=O) groups excluding carboxylic acids is 1. The van der Waals surface area contributed by atoms with E-state index in [1.54, 1.807) is 18.2 Å². The summed E-state index contributed by atoms with van der Waals surface area (Å²) in [4.78, 5) is 23.1. The van der Waals surface area contributed by atoms with Crippen molar-refractivity contribution in [1.29, 1.82) is 0 Å². The van der Waals surface area contributed by atoms with Gasteiger partial charge in [0.2, 0.25) is 12.5 Å². The molecule has 0 fully saturated rings. The molecule has 1 aliphatic rings. The number of hydrogen-bond donors (Lipinski definition) is 1. The third kappa shape index (κ3) is 4.30. The summed E-state index contributed by atoms with van der Waals surface area (Å²) < 4.78 is 12.7. The van der Waals surface area contributed by atoms with Gasteiger partial charge in [-0.3, -0.25) is 19.6 Å². The average Bonchev–Trinajstić information content (AvgIpc) is 3.34. The van der Waals surface area contributed by atoms with Gasteiger partial charge in [-0.25, -0.2) is 5.43 Å². The second-order valence-corrected chi connectivity index (χ2v) is 7.18. The number of nitro groups is 1. The van der Waals surface area contributed by atoms with Gasteiger partial charge in [0.25, 0.3) is 5.91 Å². The van der Waals surface area contributed by atoms with E-state index < -0.39 is 16.5 Å². The quantitative estimate of drug-likeness (QED) is 0.335. The molecule has 1 amide bonds. The molecule has 0 bridgehead atoms. The molecular weight excluding hydrogens is 458 g/mol. The predicted octanol–water partition coefficient (Wildman–Crippen LogP) is 3.09. The number of benzene rings is 2. The Bertz CT molecular complexity index is 1160. The van der Waals surface area contributed by atoms with Crippen LogP contribution < -0.4 is 14.9 Å². The maximum Gasteiger partial charge on any atom is 0.320 e. The number of ether oxygens (including phenoxy) is 2. The number of carbonyl (C=O) groups is 1. The summed E-state index contributed by atoms with van der Waals surface area (Å²) in [5, 5.41) is 19.3. The first-order chi connectivity index (χ1) is 14.5. The van der Waals surface area contributed by atoms with Gasteiger partial charge >= 0.3 is 5.69 Å². The van der Waals surface area contributed by atoms with Crippen LogP contribution in [0.2, 0.25) is 0 Å². The zero-order valence-corrected chi connectivity index (χ0v) is 16.9. The Morgan fingerprint density at radius 1 is 1.30 bits per heavy atom. The van der Waals surface area contributed by atoms with Crippen molar-refractivity contribution < 1.29 is 19.2 Å². The Kier molecular flexibility index (Phi) is 5.44. The second kappa shape index (κ2) is 8.33. The molecular formula is C19H14BrN5O5. The maximum atomic E-state index is 12.4. The lowest BCUT2D eigenvalue weighted by molar-refractivity contribution is -0.385. The standard InChI is InChI=1S/C19H14BrN5O5/c20-14-3-1-2-13(6-14)9-24-10-15(25(27)28)18(23-24)19(26)22-21-8-12-4-5-16-17(7-12)30-11-29-16/h1-8,10H,9,11H2,(H,22,26)/b21-8+. The number of aromatic nitrogens is 2. The first-order valence-electron chi connectivity index (χ1n) is 8.69. The molecule has 0 radical (unpaired) electrons. The topological polar surface area (TPSA) is 121 Å². The summed E-state index contributed by atoms with van der Waals surface area (Å²) in [5.74, 6) is 0.418. The fourth-order valence-corrected chi connectivity index (χ4v) is 3.27. The molecule has 1 aliphatic heterocycles. The Morgan fingerprint density at radius 2 is 2.13 bits per heavy atom. The highest BCUT2D eigenvalue weighted by Crippen LogP contribution is 2.32. The number of fused-ring (bicyclic) bond motifs is 1. The largest absolute Gasteiger partial charge is 0.454 e. The molecule has 3 aromatic rings. The third-order valence-electron chi connectivity index (χ3n) is 4.16. The van der Waals surface area contributed by atoms with Crippen LogP contribution in [0.4, 0.5) is 5.69 Å². The summed E-state index contributed by atoms with van der Waals surface area (Å²) >= 11 is 3.37. The number of hydrazone groups is 1. The van der Waals surface area contributed by atoms with Crippen molar-refractivity contribution in [2.75, 3.05) is 6.79 Å². The first-order valence-corrected chi connectivity index (χ1v) is 9.48. The van der Waals surface area contributed by atoms with Crippen molar-refractivity contribution in [3.63, 3.8) is 0 Å². The summed E-state index contributed by atoms with van der Waals surface area (Å²) in [6, 6.07) is 12.6. The molecule has 4 rings (SSSR count). The minimum atomic E-state index is -0.785. The number of nitrogens with one attached hydrogen (secondary N) is 1. The lowest BCUT2D eigenvalue weighted by Crippen LogP contribution is -2.19. The van der Waals surface area contributed by atoms with Crippen molar-refractivity contribution >= 4 is 33.7 Å². The van der Waals surface area contributed by atoms with E-state index in [1.807, 2.05) is 24.3 Å².